The van der Waals surface area contributed by atoms with Gasteiger partial charge in [0, 0.05) is 18.1 Å². The molecular formula is C8H7ClO3. The molecule has 0 saturated heterocycles. The third-order valence-electron chi connectivity index (χ3n) is 1.45. The Balaban J connectivity index is 3.13. The van der Waals surface area contributed by atoms with Crippen molar-refractivity contribution in [3.05, 3.63) is 22.7 Å². The van der Waals surface area contributed by atoms with Crippen LogP contribution in [0.4, 0.5) is 0 Å². The van der Waals surface area contributed by atoms with Crippen LogP contribution in [0.15, 0.2) is 12.1 Å². The second kappa shape index (κ2) is 3.45. The van der Waals surface area contributed by atoms with Crippen molar-refractivity contribution in [1.29, 1.82) is 0 Å². The van der Waals surface area contributed by atoms with Gasteiger partial charge in [-0.25, -0.2) is 0 Å². The quantitative estimate of drug-likeness (QED) is 0.688. The molecule has 0 aliphatic heterocycles. The highest BCUT2D eigenvalue weighted by atomic mass is 35.5. The van der Waals surface area contributed by atoms with Gasteiger partial charge < -0.3 is 15.0 Å². The van der Waals surface area contributed by atoms with E-state index in [0.717, 1.165) is 6.07 Å². The van der Waals surface area contributed by atoms with Crippen LogP contribution < -0.4 is 0 Å². The van der Waals surface area contributed by atoms with Gasteiger partial charge in [-0.3, -0.25) is 0 Å². The van der Waals surface area contributed by atoms with E-state index in [0.29, 0.717) is 11.8 Å². The van der Waals surface area contributed by atoms with Crippen LogP contribution in [0, 0.1) is 0 Å². The number of hydrogen-bond acceptors (Lipinski definition) is 3. The summed E-state index contributed by atoms with van der Waals surface area (Å²) in [4.78, 5) is 10.1. The highest BCUT2D eigenvalue weighted by Crippen LogP contribution is 2.30. The summed E-state index contributed by atoms with van der Waals surface area (Å²) >= 11 is 5.54. The minimum Gasteiger partial charge on any atom is -0.508 e. The molecule has 0 spiro atoms. The van der Waals surface area contributed by atoms with Crippen molar-refractivity contribution < 1.29 is 15.0 Å². The Morgan fingerprint density at radius 2 is 2.00 bits per heavy atom. The van der Waals surface area contributed by atoms with Crippen molar-refractivity contribution in [3.8, 4) is 11.5 Å². The van der Waals surface area contributed by atoms with Crippen molar-refractivity contribution in [1.82, 2.24) is 0 Å². The molecule has 64 valence electrons. The number of benzene rings is 1. The number of rotatable bonds is 2. The first kappa shape index (κ1) is 8.87. The van der Waals surface area contributed by atoms with Gasteiger partial charge in [-0.1, -0.05) is 11.6 Å². The van der Waals surface area contributed by atoms with E-state index < -0.39 is 0 Å². The number of phenolic OH excluding ortho intramolecular Hbond substituents is 2. The van der Waals surface area contributed by atoms with Crippen LogP contribution in [0.3, 0.4) is 0 Å². The fraction of sp³-hybridized carbons (Fsp3) is 0.125. The molecule has 1 aromatic carbocycles. The standard InChI is InChI=1S/C8H7ClO3/c9-6-3-5(1-2-10)7(11)4-8(6)12/h2-4,11-12H,1H2. The van der Waals surface area contributed by atoms with Crippen molar-refractivity contribution in [3.63, 3.8) is 0 Å². The molecule has 0 aliphatic rings. The SMILES string of the molecule is O=CCc1cc(Cl)c(O)cc1O. The van der Waals surface area contributed by atoms with E-state index in [1.165, 1.54) is 6.07 Å². The Hall–Kier alpha value is -1.22. The Morgan fingerprint density at radius 1 is 1.33 bits per heavy atom. The molecule has 12 heavy (non-hydrogen) atoms. The first-order valence-electron chi connectivity index (χ1n) is 3.29. The maximum Gasteiger partial charge on any atom is 0.137 e. The zero-order valence-electron chi connectivity index (χ0n) is 6.12. The Bertz CT molecular complexity index is 309. The lowest BCUT2D eigenvalue weighted by molar-refractivity contribution is -0.107. The highest BCUT2D eigenvalue weighted by molar-refractivity contribution is 6.32. The summed E-state index contributed by atoms with van der Waals surface area (Å²) in [5.41, 5.74) is 0.410. The normalized spacial score (nSPS) is 9.75. The van der Waals surface area contributed by atoms with Crippen LogP contribution in [-0.2, 0) is 11.2 Å². The van der Waals surface area contributed by atoms with Gasteiger partial charge in [-0.15, -0.1) is 0 Å². The van der Waals surface area contributed by atoms with E-state index in [4.69, 9.17) is 21.8 Å². The summed E-state index contributed by atoms with van der Waals surface area (Å²) in [6.45, 7) is 0. The van der Waals surface area contributed by atoms with Gasteiger partial charge >= 0.3 is 0 Å². The molecule has 0 saturated carbocycles. The van der Waals surface area contributed by atoms with E-state index in [1.807, 2.05) is 0 Å². The maximum absolute atomic E-state index is 10.1. The van der Waals surface area contributed by atoms with Gasteiger partial charge in [0.15, 0.2) is 0 Å². The average molecular weight is 187 g/mol. The summed E-state index contributed by atoms with van der Waals surface area (Å²) in [7, 11) is 0. The summed E-state index contributed by atoms with van der Waals surface area (Å²) < 4.78 is 0. The van der Waals surface area contributed by atoms with E-state index in [2.05, 4.69) is 0 Å². The fourth-order valence-electron chi connectivity index (χ4n) is 0.845. The molecular weight excluding hydrogens is 180 g/mol. The van der Waals surface area contributed by atoms with Crippen LogP contribution in [0.25, 0.3) is 0 Å². The summed E-state index contributed by atoms with van der Waals surface area (Å²) in [6.07, 6.45) is 0.744. The molecule has 1 aromatic rings. The first-order chi connectivity index (χ1) is 5.65. The lowest BCUT2D eigenvalue weighted by Gasteiger charge is -2.02. The molecule has 0 aliphatic carbocycles. The van der Waals surface area contributed by atoms with Crippen LogP contribution in [0.5, 0.6) is 11.5 Å². The van der Waals surface area contributed by atoms with E-state index in [9.17, 15) is 4.79 Å². The largest absolute Gasteiger partial charge is 0.508 e. The Labute approximate surface area is 74.2 Å². The second-order valence-corrected chi connectivity index (χ2v) is 2.71. The molecule has 3 nitrogen and oxygen atoms in total. The third-order valence-corrected chi connectivity index (χ3v) is 1.75. The molecule has 1 rings (SSSR count). The van der Waals surface area contributed by atoms with Crippen molar-refractivity contribution >= 4 is 17.9 Å². The Morgan fingerprint density at radius 3 is 2.58 bits per heavy atom. The van der Waals surface area contributed by atoms with Gasteiger partial charge in [0.1, 0.15) is 17.8 Å². The fourth-order valence-corrected chi connectivity index (χ4v) is 1.03. The minimum absolute atomic E-state index is 0.0891. The molecule has 0 aromatic heterocycles. The van der Waals surface area contributed by atoms with Crippen molar-refractivity contribution in [2.45, 2.75) is 6.42 Å². The number of aldehydes is 1. The lowest BCUT2D eigenvalue weighted by Crippen LogP contribution is -1.86. The van der Waals surface area contributed by atoms with E-state index >= 15 is 0 Å². The smallest absolute Gasteiger partial charge is 0.137 e. The molecule has 0 fully saturated rings. The average Bonchev–Trinajstić information content (AvgIpc) is 2.01. The van der Waals surface area contributed by atoms with E-state index in [-0.39, 0.29) is 22.9 Å². The minimum atomic E-state index is -0.191. The third kappa shape index (κ3) is 1.68. The number of aromatic hydroxyl groups is 2. The van der Waals surface area contributed by atoms with Crippen molar-refractivity contribution in [2.75, 3.05) is 0 Å². The van der Waals surface area contributed by atoms with E-state index in [1.54, 1.807) is 0 Å². The number of halogens is 1. The number of phenols is 2. The topological polar surface area (TPSA) is 57.5 Å². The predicted molar refractivity (Wildman–Crippen MR) is 44.5 cm³/mol. The van der Waals surface area contributed by atoms with Crippen LogP contribution >= 0.6 is 11.6 Å². The highest BCUT2D eigenvalue weighted by Gasteiger charge is 2.05. The van der Waals surface area contributed by atoms with Gasteiger partial charge in [-0.2, -0.15) is 0 Å². The summed E-state index contributed by atoms with van der Waals surface area (Å²) in [5, 5.41) is 18.3. The van der Waals surface area contributed by atoms with Gasteiger partial charge in [0.2, 0.25) is 0 Å². The van der Waals surface area contributed by atoms with Crippen LogP contribution in [0.2, 0.25) is 5.02 Å². The van der Waals surface area contributed by atoms with Crippen molar-refractivity contribution in [2.24, 2.45) is 0 Å². The number of hydrogen-bond donors (Lipinski definition) is 2. The predicted octanol–water partition coefficient (Wildman–Crippen LogP) is 1.49. The first-order valence-corrected chi connectivity index (χ1v) is 3.67. The molecule has 0 heterocycles. The molecule has 2 N–H and O–H groups in total. The zero-order chi connectivity index (χ0) is 9.14. The molecule has 0 bridgehead atoms. The van der Waals surface area contributed by atoms with Gasteiger partial charge in [0.05, 0.1) is 5.02 Å². The number of carbonyl (C=O) groups excluding carboxylic acids is 1. The molecule has 4 heteroatoms. The van der Waals surface area contributed by atoms with Gasteiger partial charge in [-0.05, 0) is 6.07 Å². The Kier molecular flexibility index (Phi) is 2.55. The maximum atomic E-state index is 10.1. The van der Waals surface area contributed by atoms with Crippen LogP contribution in [-0.4, -0.2) is 16.5 Å². The molecule has 0 radical (unpaired) electrons. The molecule has 0 amide bonds. The summed E-state index contributed by atoms with van der Waals surface area (Å²) in [5.74, 6) is -0.312. The second-order valence-electron chi connectivity index (χ2n) is 2.30. The zero-order valence-corrected chi connectivity index (χ0v) is 6.88. The monoisotopic (exact) mass is 186 g/mol. The van der Waals surface area contributed by atoms with Crippen LogP contribution in [0.1, 0.15) is 5.56 Å². The summed E-state index contributed by atoms with van der Waals surface area (Å²) in [6, 6.07) is 2.47. The lowest BCUT2D eigenvalue weighted by atomic mass is 10.1. The number of carbonyl (C=O) groups is 1. The molecule has 0 unspecified atom stereocenters. The molecule has 0 atom stereocenters. The van der Waals surface area contributed by atoms with Gasteiger partial charge in [0.25, 0.3) is 0 Å².